The van der Waals surface area contributed by atoms with Crippen LogP contribution in [0.15, 0.2) is 0 Å². The fourth-order valence-electron chi connectivity index (χ4n) is 0.801. The topological polar surface area (TPSA) is 58.9 Å². The molecular weight excluding hydrogens is 136 g/mol. The molecule has 1 aliphatic heterocycles. The Morgan fingerprint density at radius 3 is 2.30 bits per heavy atom. The summed E-state index contributed by atoms with van der Waals surface area (Å²) in [6.45, 7) is 3.88. The smallest absolute Gasteiger partial charge is 0.319 e. The summed E-state index contributed by atoms with van der Waals surface area (Å²) in [5.41, 5.74) is -0.552. The van der Waals surface area contributed by atoms with Crippen molar-refractivity contribution in [3.05, 3.63) is 0 Å². The van der Waals surface area contributed by atoms with E-state index in [1.54, 1.807) is 6.92 Å². The Kier molecular flexibility index (Phi) is 1.72. The largest absolute Gasteiger partial charge is 0.408 e. The van der Waals surface area contributed by atoms with E-state index in [0.29, 0.717) is 6.42 Å². The molecule has 1 atom stereocenters. The molecule has 1 heterocycles. The van der Waals surface area contributed by atoms with Gasteiger partial charge in [-0.2, -0.15) is 0 Å². The third kappa shape index (κ3) is 1.46. The van der Waals surface area contributed by atoms with E-state index in [1.807, 2.05) is 6.92 Å². The van der Waals surface area contributed by atoms with E-state index in [-0.39, 0.29) is 6.61 Å². The van der Waals surface area contributed by atoms with Crippen molar-refractivity contribution in [2.75, 3.05) is 6.61 Å². The Morgan fingerprint density at radius 1 is 1.50 bits per heavy atom. The highest BCUT2D eigenvalue weighted by molar-refractivity contribution is 4.77. The molecule has 0 aromatic rings. The van der Waals surface area contributed by atoms with Crippen LogP contribution in [0.1, 0.15) is 20.3 Å². The highest BCUT2D eigenvalue weighted by atomic mass is 17.0. The monoisotopic (exact) mass is 148 g/mol. The van der Waals surface area contributed by atoms with E-state index >= 15 is 0 Å². The average Bonchev–Trinajstić information content (AvgIpc) is 2.08. The first-order chi connectivity index (χ1) is 4.47. The van der Waals surface area contributed by atoms with E-state index in [4.69, 9.17) is 14.9 Å². The van der Waals surface area contributed by atoms with E-state index in [0.717, 1.165) is 0 Å². The van der Waals surface area contributed by atoms with Gasteiger partial charge in [0.1, 0.15) is 0 Å². The highest BCUT2D eigenvalue weighted by Gasteiger charge is 2.45. The molecule has 0 bridgehead atoms. The van der Waals surface area contributed by atoms with Gasteiger partial charge in [0, 0.05) is 0 Å². The molecule has 0 amide bonds. The Hall–Kier alpha value is -0.160. The van der Waals surface area contributed by atoms with Crippen LogP contribution in [-0.2, 0) is 9.47 Å². The summed E-state index contributed by atoms with van der Waals surface area (Å²) >= 11 is 0. The summed E-state index contributed by atoms with van der Waals surface area (Å²) < 4.78 is 9.31. The van der Waals surface area contributed by atoms with Crippen LogP contribution >= 0.6 is 0 Å². The summed E-state index contributed by atoms with van der Waals surface area (Å²) in [6.07, 6.45) is -1.68. The zero-order chi connectivity index (χ0) is 7.83. The van der Waals surface area contributed by atoms with Crippen LogP contribution in [-0.4, -0.2) is 28.6 Å². The number of rotatable bonds is 1. The Labute approximate surface area is 59.4 Å². The lowest BCUT2D eigenvalue weighted by Gasteiger charge is -2.20. The van der Waals surface area contributed by atoms with Crippen LogP contribution in [0.3, 0.4) is 0 Å². The van der Waals surface area contributed by atoms with Gasteiger partial charge in [0.15, 0.2) is 0 Å². The SMILES string of the molecule is CCC1(C)COC(O)(O)O1. The summed E-state index contributed by atoms with van der Waals surface area (Å²) in [4.78, 5) is 0. The lowest BCUT2D eigenvalue weighted by Crippen LogP contribution is -2.33. The maximum Gasteiger partial charge on any atom is 0.408 e. The van der Waals surface area contributed by atoms with Gasteiger partial charge in [-0.05, 0) is 13.3 Å². The van der Waals surface area contributed by atoms with E-state index in [2.05, 4.69) is 4.74 Å². The third-order valence-electron chi connectivity index (χ3n) is 1.69. The van der Waals surface area contributed by atoms with Crippen LogP contribution < -0.4 is 0 Å². The fraction of sp³-hybridized carbons (Fsp3) is 1.00. The van der Waals surface area contributed by atoms with Crippen molar-refractivity contribution in [3.63, 3.8) is 0 Å². The van der Waals surface area contributed by atoms with Gasteiger partial charge in [0.25, 0.3) is 0 Å². The molecule has 0 saturated carbocycles. The first-order valence-corrected chi connectivity index (χ1v) is 3.26. The molecule has 1 fully saturated rings. The molecule has 60 valence electrons. The van der Waals surface area contributed by atoms with Crippen LogP contribution in [0.5, 0.6) is 0 Å². The Morgan fingerprint density at radius 2 is 2.10 bits per heavy atom. The minimum absolute atomic E-state index is 0.219. The Balaban J connectivity index is 2.57. The van der Waals surface area contributed by atoms with E-state index in [1.165, 1.54) is 0 Å². The van der Waals surface area contributed by atoms with Crippen LogP contribution in [0.4, 0.5) is 0 Å². The molecule has 10 heavy (non-hydrogen) atoms. The van der Waals surface area contributed by atoms with Crippen molar-refractivity contribution in [2.24, 2.45) is 0 Å². The van der Waals surface area contributed by atoms with Crippen molar-refractivity contribution in [1.29, 1.82) is 0 Å². The van der Waals surface area contributed by atoms with Gasteiger partial charge >= 0.3 is 6.16 Å². The predicted molar refractivity (Wildman–Crippen MR) is 32.9 cm³/mol. The van der Waals surface area contributed by atoms with Gasteiger partial charge < -0.3 is 14.9 Å². The summed E-state index contributed by atoms with van der Waals surface area (Å²) in [5.74, 6) is 0. The van der Waals surface area contributed by atoms with Crippen molar-refractivity contribution in [1.82, 2.24) is 0 Å². The zero-order valence-corrected chi connectivity index (χ0v) is 6.13. The normalized spacial score (nSPS) is 38.4. The molecule has 1 unspecified atom stereocenters. The molecule has 1 saturated heterocycles. The van der Waals surface area contributed by atoms with Crippen molar-refractivity contribution < 1.29 is 19.7 Å². The number of hydrogen-bond acceptors (Lipinski definition) is 4. The second-order valence-electron chi connectivity index (χ2n) is 2.74. The predicted octanol–water partition coefficient (Wildman–Crippen LogP) is -0.202. The molecule has 2 N–H and O–H groups in total. The van der Waals surface area contributed by atoms with Crippen LogP contribution in [0.2, 0.25) is 0 Å². The minimum atomic E-state index is -2.37. The van der Waals surface area contributed by atoms with E-state index < -0.39 is 11.8 Å². The summed E-state index contributed by atoms with van der Waals surface area (Å²) in [6, 6.07) is 0. The number of hydrogen-bond donors (Lipinski definition) is 2. The number of aliphatic hydroxyl groups is 2. The quantitative estimate of drug-likeness (QED) is 0.505. The molecule has 0 aromatic heterocycles. The second-order valence-corrected chi connectivity index (χ2v) is 2.74. The van der Waals surface area contributed by atoms with Gasteiger partial charge in [0.2, 0.25) is 0 Å². The molecular formula is C6H12O4. The van der Waals surface area contributed by atoms with Crippen molar-refractivity contribution in [3.8, 4) is 0 Å². The maximum atomic E-state index is 8.77. The van der Waals surface area contributed by atoms with Crippen molar-refractivity contribution in [2.45, 2.75) is 32.0 Å². The zero-order valence-electron chi connectivity index (χ0n) is 6.13. The molecule has 1 rings (SSSR count). The van der Waals surface area contributed by atoms with Gasteiger partial charge in [-0.15, -0.1) is 0 Å². The first-order valence-electron chi connectivity index (χ1n) is 3.26. The molecule has 1 aliphatic rings. The fourth-order valence-corrected chi connectivity index (χ4v) is 0.801. The lowest BCUT2D eigenvalue weighted by molar-refractivity contribution is -0.440. The molecule has 0 spiro atoms. The lowest BCUT2D eigenvalue weighted by atomic mass is 10.1. The molecule has 0 radical (unpaired) electrons. The summed E-state index contributed by atoms with van der Waals surface area (Å²) in [5, 5.41) is 17.5. The summed E-state index contributed by atoms with van der Waals surface area (Å²) in [7, 11) is 0. The minimum Gasteiger partial charge on any atom is -0.319 e. The van der Waals surface area contributed by atoms with E-state index in [9.17, 15) is 0 Å². The average molecular weight is 148 g/mol. The maximum absolute atomic E-state index is 8.77. The first kappa shape index (κ1) is 7.94. The van der Waals surface area contributed by atoms with Crippen LogP contribution in [0.25, 0.3) is 0 Å². The second kappa shape index (κ2) is 2.17. The highest BCUT2D eigenvalue weighted by Crippen LogP contribution is 2.29. The van der Waals surface area contributed by atoms with Gasteiger partial charge in [-0.1, -0.05) is 6.92 Å². The standard InChI is InChI=1S/C6H12O4/c1-3-5(2)4-9-6(7,8)10-5/h7-8H,3-4H2,1-2H3. The van der Waals surface area contributed by atoms with Gasteiger partial charge in [0.05, 0.1) is 12.2 Å². The third-order valence-corrected chi connectivity index (χ3v) is 1.69. The molecule has 4 heteroatoms. The van der Waals surface area contributed by atoms with Gasteiger partial charge in [-0.25, -0.2) is 0 Å². The van der Waals surface area contributed by atoms with Gasteiger partial charge in [-0.3, -0.25) is 4.74 Å². The Bertz CT molecular complexity index is 134. The van der Waals surface area contributed by atoms with Crippen LogP contribution in [0, 0.1) is 0 Å². The molecule has 0 aromatic carbocycles. The van der Waals surface area contributed by atoms with Crippen molar-refractivity contribution >= 4 is 0 Å². The molecule has 0 aliphatic carbocycles. The molecule has 4 nitrogen and oxygen atoms in total. The number of ether oxygens (including phenoxy) is 2.